The predicted molar refractivity (Wildman–Crippen MR) is 81.1 cm³/mol. The zero-order valence-electron chi connectivity index (χ0n) is 11.9. The molecule has 0 unspecified atom stereocenters. The lowest BCUT2D eigenvalue weighted by Crippen LogP contribution is -2.07. The zero-order chi connectivity index (χ0) is 14.2. The second-order valence-corrected chi connectivity index (χ2v) is 4.39. The molecule has 2 rings (SSSR count). The van der Waals surface area contributed by atoms with Gasteiger partial charge in [0.1, 0.15) is 11.6 Å². The number of aromatic nitrogens is 2. The molecule has 0 aliphatic heterocycles. The summed E-state index contributed by atoms with van der Waals surface area (Å²) in [6.45, 7) is 3.72. The highest BCUT2D eigenvalue weighted by Crippen LogP contribution is 2.12. The maximum absolute atomic E-state index is 5.13. The molecule has 1 aromatic heterocycles. The van der Waals surface area contributed by atoms with E-state index < -0.39 is 0 Å². The maximum atomic E-state index is 5.13. The van der Waals surface area contributed by atoms with Gasteiger partial charge in [-0.3, -0.25) is 0 Å². The summed E-state index contributed by atoms with van der Waals surface area (Å²) in [5.74, 6) is 2.33. The molecule has 0 bridgehead atoms. The normalized spacial score (nSPS) is 10.1. The summed E-state index contributed by atoms with van der Waals surface area (Å²) >= 11 is 0. The molecule has 20 heavy (non-hydrogen) atoms. The minimum Gasteiger partial charge on any atom is -0.497 e. The number of hydrogen-bond acceptors (Lipinski definition) is 5. The van der Waals surface area contributed by atoms with Crippen LogP contribution in [0.4, 0.5) is 11.8 Å². The molecule has 0 amide bonds. The van der Waals surface area contributed by atoms with Gasteiger partial charge in [-0.05, 0) is 30.2 Å². The lowest BCUT2D eigenvalue weighted by molar-refractivity contribution is 0.414. The molecule has 0 aliphatic carbocycles. The summed E-state index contributed by atoms with van der Waals surface area (Å²) in [6, 6.07) is 9.79. The highest BCUT2D eigenvalue weighted by Gasteiger charge is 1.99. The molecule has 5 heteroatoms. The molecule has 2 aromatic rings. The van der Waals surface area contributed by atoms with Gasteiger partial charge in [0.2, 0.25) is 5.95 Å². The van der Waals surface area contributed by atoms with Gasteiger partial charge < -0.3 is 15.4 Å². The Hall–Kier alpha value is -2.30. The van der Waals surface area contributed by atoms with Crippen molar-refractivity contribution in [2.45, 2.75) is 19.9 Å². The first-order valence-electron chi connectivity index (χ1n) is 6.75. The number of benzene rings is 1. The molecule has 0 radical (unpaired) electrons. The number of nitrogens with one attached hydrogen (secondary N) is 2. The fourth-order valence-corrected chi connectivity index (χ4v) is 1.72. The van der Waals surface area contributed by atoms with Crippen molar-refractivity contribution in [2.75, 3.05) is 24.3 Å². The van der Waals surface area contributed by atoms with Gasteiger partial charge in [0.15, 0.2) is 0 Å². The number of hydrogen-bond donors (Lipinski definition) is 2. The molecule has 0 spiro atoms. The van der Waals surface area contributed by atoms with Crippen LogP contribution in [0.15, 0.2) is 36.5 Å². The Kier molecular flexibility index (Phi) is 5.17. The van der Waals surface area contributed by atoms with E-state index in [1.807, 2.05) is 30.3 Å². The quantitative estimate of drug-likeness (QED) is 0.811. The van der Waals surface area contributed by atoms with Crippen LogP contribution < -0.4 is 15.4 Å². The van der Waals surface area contributed by atoms with Crippen LogP contribution in [0.3, 0.4) is 0 Å². The zero-order valence-corrected chi connectivity index (χ0v) is 11.9. The van der Waals surface area contributed by atoms with Gasteiger partial charge in [0, 0.05) is 19.3 Å². The van der Waals surface area contributed by atoms with Gasteiger partial charge in [-0.1, -0.05) is 19.1 Å². The summed E-state index contributed by atoms with van der Waals surface area (Å²) in [5, 5.41) is 6.45. The maximum Gasteiger partial charge on any atom is 0.224 e. The van der Waals surface area contributed by atoms with Crippen LogP contribution in [0.25, 0.3) is 0 Å². The van der Waals surface area contributed by atoms with E-state index in [0.29, 0.717) is 12.5 Å². The molecule has 0 fully saturated rings. The van der Waals surface area contributed by atoms with Gasteiger partial charge >= 0.3 is 0 Å². The molecule has 0 saturated heterocycles. The van der Waals surface area contributed by atoms with Crippen LogP contribution in [0.5, 0.6) is 5.75 Å². The van der Waals surface area contributed by atoms with Crippen molar-refractivity contribution in [3.63, 3.8) is 0 Å². The average molecular weight is 272 g/mol. The Morgan fingerprint density at radius 3 is 2.60 bits per heavy atom. The predicted octanol–water partition coefficient (Wildman–Crippen LogP) is 2.92. The number of anilines is 2. The van der Waals surface area contributed by atoms with Crippen molar-refractivity contribution in [3.8, 4) is 5.75 Å². The lowest BCUT2D eigenvalue weighted by Gasteiger charge is -2.08. The fourth-order valence-electron chi connectivity index (χ4n) is 1.72. The number of nitrogens with zero attached hydrogens (tertiary/aromatic N) is 2. The molecule has 1 heterocycles. The summed E-state index contributed by atoms with van der Waals surface area (Å²) in [5.41, 5.74) is 1.15. The number of methoxy groups -OCH3 is 1. The second-order valence-electron chi connectivity index (χ2n) is 4.39. The first-order valence-corrected chi connectivity index (χ1v) is 6.75. The van der Waals surface area contributed by atoms with Gasteiger partial charge in [0.25, 0.3) is 0 Å². The Labute approximate surface area is 119 Å². The lowest BCUT2D eigenvalue weighted by atomic mass is 10.2. The summed E-state index contributed by atoms with van der Waals surface area (Å²) in [7, 11) is 1.66. The Morgan fingerprint density at radius 1 is 1.10 bits per heavy atom. The Balaban J connectivity index is 1.92. The van der Waals surface area contributed by atoms with Crippen LogP contribution >= 0.6 is 0 Å². The van der Waals surface area contributed by atoms with Gasteiger partial charge in [-0.2, -0.15) is 4.98 Å². The van der Waals surface area contributed by atoms with Crippen LogP contribution in [0, 0.1) is 0 Å². The second kappa shape index (κ2) is 7.33. The van der Waals surface area contributed by atoms with E-state index in [4.69, 9.17) is 4.74 Å². The van der Waals surface area contributed by atoms with Gasteiger partial charge in [-0.25, -0.2) is 4.98 Å². The highest BCUT2D eigenvalue weighted by molar-refractivity contribution is 5.40. The summed E-state index contributed by atoms with van der Waals surface area (Å²) < 4.78 is 5.13. The summed E-state index contributed by atoms with van der Waals surface area (Å²) in [6.07, 6.45) is 2.82. The van der Waals surface area contributed by atoms with E-state index in [1.165, 1.54) is 0 Å². The SMILES string of the molecule is CCCNc1ccnc(NCc2ccc(OC)cc2)n1. The van der Waals surface area contributed by atoms with Crippen molar-refractivity contribution in [1.82, 2.24) is 9.97 Å². The molecule has 0 atom stereocenters. The minimum absolute atomic E-state index is 0.627. The van der Waals surface area contributed by atoms with Crippen LogP contribution in [0.1, 0.15) is 18.9 Å². The first-order chi connectivity index (χ1) is 9.81. The molecular weight excluding hydrogens is 252 g/mol. The molecule has 106 valence electrons. The first kappa shape index (κ1) is 14.1. The third-order valence-electron chi connectivity index (χ3n) is 2.82. The molecule has 0 aliphatic rings. The van der Waals surface area contributed by atoms with Crippen molar-refractivity contribution in [2.24, 2.45) is 0 Å². The molecule has 0 saturated carbocycles. The largest absolute Gasteiger partial charge is 0.497 e. The van der Waals surface area contributed by atoms with E-state index in [0.717, 1.165) is 30.1 Å². The number of rotatable bonds is 7. The van der Waals surface area contributed by atoms with E-state index >= 15 is 0 Å². The van der Waals surface area contributed by atoms with Crippen molar-refractivity contribution >= 4 is 11.8 Å². The van der Waals surface area contributed by atoms with Crippen LogP contribution in [-0.4, -0.2) is 23.6 Å². The Morgan fingerprint density at radius 2 is 1.90 bits per heavy atom. The third kappa shape index (κ3) is 4.12. The topological polar surface area (TPSA) is 59.1 Å². The average Bonchev–Trinajstić information content (AvgIpc) is 2.52. The van der Waals surface area contributed by atoms with E-state index in [2.05, 4.69) is 27.5 Å². The van der Waals surface area contributed by atoms with Crippen LogP contribution in [0.2, 0.25) is 0 Å². The van der Waals surface area contributed by atoms with Crippen molar-refractivity contribution in [1.29, 1.82) is 0 Å². The van der Waals surface area contributed by atoms with E-state index in [-0.39, 0.29) is 0 Å². The van der Waals surface area contributed by atoms with E-state index in [1.54, 1.807) is 13.3 Å². The van der Waals surface area contributed by atoms with Crippen molar-refractivity contribution < 1.29 is 4.74 Å². The monoisotopic (exact) mass is 272 g/mol. The fraction of sp³-hybridized carbons (Fsp3) is 0.333. The minimum atomic E-state index is 0.627. The summed E-state index contributed by atoms with van der Waals surface area (Å²) in [4.78, 5) is 8.61. The van der Waals surface area contributed by atoms with E-state index in [9.17, 15) is 0 Å². The third-order valence-corrected chi connectivity index (χ3v) is 2.82. The highest BCUT2D eigenvalue weighted by atomic mass is 16.5. The smallest absolute Gasteiger partial charge is 0.224 e. The molecular formula is C15H20N4O. The Bertz CT molecular complexity index is 528. The number of ether oxygens (including phenoxy) is 1. The molecule has 2 N–H and O–H groups in total. The van der Waals surface area contributed by atoms with Crippen LogP contribution in [-0.2, 0) is 6.54 Å². The molecule has 5 nitrogen and oxygen atoms in total. The standard InChI is InChI=1S/C15H20N4O/c1-3-9-16-14-8-10-17-15(19-14)18-11-12-4-6-13(20-2)7-5-12/h4-8,10H,3,9,11H2,1-2H3,(H2,16,17,18,19). The molecule has 1 aromatic carbocycles. The van der Waals surface area contributed by atoms with Crippen molar-refractivity contribution in [3.05, 3.63) is 42.1 Å². The van der Waals surface area contributed by atoms with Gasteiger partial charge in [0.05, 0.1) is 7.11 Å². The van der Waals surface area contributed by atoms with Gasteiger partial charge in [-0.15, -0.1) is 0 Å².